The Balaban J connectivity index is 1.19. The van der Waals surface area contributed by atoms with Crippen molar-refractivity contribution in [3.05, 3.63) is 41.5 Å². The molecule has 0 bridgehead atoms. The lowest BCUT2D eigenvalue weighted by Crippen LogP contribution is -2.68. The molecule has 0 unspecified atom stereocenters. The van der Waals surface area contributed by atoms with E-state index in [4.69, 9.17) is 0 Å². The van der Waals surface area contributed by atoms with Crippen LogP contribution in [0.25, 0.3) is 6.08 Å². The first-order chi connectivity index (χ1) is 14.1. The normalized spacial score (nSPS) is 27.0. The highest BCUT2D eigenvalue weighted by Crippen LogP contribution is 2.50. The highest BCUT2D eigenvalue weighted by molar-refractivity contribution is 7.88. The lowest BCUT2D eigenvalue weighted by atomic mass is 9.60. The van der Waals surface area contributed by atoms with Crippen molar-refractivity contribution < 1.29 is 8.42 Å². The Morgan fingerprint density at radius 3 is 2.50 bits per heavy atom. The smallest absolute Gasteiger partial charge is 0.209 e. The van der Waals surface area contributed by atoms with Crippen molar-refractivity contribution in [1.82, 2.24) is 14.9 Å². The quantitative estimate of drug-likeness (QED) is 0.630. The number of nitrogens with zero attached hydrogens (tertiary/aromatic N) is 1. The molecule has 0 aromatic heterocycles. The molecule has 1 saturated heterocycles. The Morgan fingerprint density at radius 1 is 1.23 bits per heavy atom. The predicted molar refractivity (Wildman–Crippen MR) is 124 cm³/mol. The summed E-state index contributed by atoms with van der Waals surface area (Å²) in [5.74, 6) is 0.701. The molecule has 1 aromatic rings. The molecule has 30 heavy (non-hydrogen) atoms. The highest BCUT2D eigenvalue weighted by atomic mass is 32.2. The van der Waals surface area contributed by atoms with Crippen LogP contribution in [0.3, 0.4) is 0 Å². The van der Waals surface area contributed by atoms with Gasteiger partial charge in [0.25, 0.3) is 0 Å². The molecule has 2 N–H and O–H groups in total. The third kappa shape index (κ3) is 5.34. The monoisotopic (exact) mass is 431 g/mol. The summed E-state index contributed by atoms with van der Waals surface area (Å²) in [6.45, 7) is 9.17. The van der Waals surface area contributed by atoms with E-state index in [2.05, 4.69) is 58.3 Å². The van der Waals surface area contributed by atoms with Crippen molar-refractivity contribution in [3.8, 4) is 0 Å². The van der Waals surface area contributed by atoms with Gasteiger partial charge in [-0.15, -0.1) is 0 Å². The van der Waals surface area contributed by atoms with Crippen LogP contribution in [0.15, 0.2) is 35.9 Å². The van der Waals surface area contributed by atoms with Crippen LogP contribution in [-0.4, -0.2) is 56.8 Å². The number of rotatable bonds is 9. The van der Waals surface area contributed by atoms with Gasteiger partial charge in [0.05, 0.1) is 6.26 Å². The van der Waals surface area contributed by atoms with E-state index in [0.29, 0.717) is 23.4 Å². The average molecular weight is 432 g/mol. The summed E-state index contributed by atoms with van der Waals surface area (Å²) in [6, 6.07) is 12.0. The van der Waals surface area contributed by atoms with Gasteiger partial charge in [0.15, 0.2) is 0 Å². The second kappa shape index (κ2) is 8.05. The fraction of sp³-hybridized carbons (Fsp3) is 0.667. The minimum atomic E-state index is -3.17. The molecule has 6 heteroatoms. The molecule has 2 atom stereocenters. The Labute approximate surface area is 182 Å². The zero-order chi connectivity index (χ0) is 21.6. The van der Waals surface area contributed by atoms with Crippen LogP contribution < -0.4 is 10.0 Å². The zero-order valence-electron chi connectivity index (χ0n) is 18.8. The van der Waals surface area contributed by atoms with E-state index >= 15 is 0 Å². The van der Waals surface area contributed by atoms with Gasteiger partial charge >= 0.3 is 0 Å². The molecule has 166 valence electrons. The lowest BCUT2D eigenvalue weighted by molar-refractivity contribution is -0.0858. The molecule has 3 fully saturated rings. The Hall–Kier alpha value is -1.21. The molecule has 0 amide bonds. The second-order valence-corrected chi connectivity index (χ2v) is 12.4. The maximum absolute atomic E-state index is 11.5. The fourth-order valence-corrected chi connectivity index (χ4v) is 6.86. The fourth-order valence-electron chi connectivity index (χ4n) is 5.80. The van der Waals surface area contributed by atoms with E-state index in [-0.39, 0.29) is 0 Å². The minimum absolute atomic E-state index is 0.417. The Bertz CT molecular complexity index is 880. The first-order valence-electron chi connectivity index (χ1n) is 11.3. The molecule has 5 nitrogen and oxygen atoms in total. The summed E-state index contributed by atoms with van der Waals surface area (Å²) in [4.78, 5) is 2.39. The third-order valence-electron chi connectivity index (χ3n) is 6.83. The van der Waals surface area contributed by atoms with E-state index in [9.17, 15) is 8.42 Å². The number of hydrogen-bond acceptors (Lipinski definition) is 4. The lowest BCUT2D eigenvalue weighted by Gasteiger charge is -2.60. The van der Waals surface area contributed by atoms with E-state index in [1.54, 1.807) is 5.57 Å². The Morgan fingerprint density at radius 2 is 1.90 bits per heavy atom. The van der Waals surface area contributed by atoms with Crippen molar-refractivity contribution in [2.24, 2.45) is 11.3 Å². The van der Waals surface area contributed by atoms with Crippen LogP contribution in [0.2, 0.25) is 0 Å². The molecule has 1 heterocycles. The molecular formula is C24H37N3O2S. The van der Waals surface area contributed by atoms with Gasteiger partial charge < -0.3 is 10.2 Å². The van der Waals surface area contributed by atoms with Crippen LogP contribution in [0, 0.1) is 11.3 Å². The minimum Gasteiger partial charge on any atom is -0.311 e. The first kappa shape index (κ1) is 22.0. The molecule has 1 aromatic carbocycles. The number of hydrogen-bond donors (Lipinski definition) is 2. The van der Waals surface area contributed by atoms with E-state index in [0.717, 1.165) is 26.1 Å². The summed E-state index contributed by atoms with van der Waals surface area (Å²) < 4.78 is 25.8. The van der Waals surface area contributed by atoms with Gasteiger partial charge in [-0.05, 0) is 56.4 Å². The molecule has 1 aliphatic heterocycles. The predicted octanol–water partition coefficient (Wildman–Crippen LogP) is 3.25. The first-order valence-corrected chi connectivity index (χ1v) is 13.2. The van der Waals surface area contributed by atoms with Crippen molar-refractivity contribution >= 4 is 16.1 Å². The van der Waals surface area contributed by atoms with Crippen molar-refractivity contribution in [2.45, 2.75) is 64.1 Å². The summed E-state index contributed by atoms with van der Waals surface area (Å²) in [6.07, 6.45) is 8.53. The topological polar surface area (TPSA) is 61.4 Å². The van der Waals surface area contributed by atoms with Crippen LogP contribution in [0.5, 0.6) is 0 Å². The summed E-state index contributed by atoms with van der Waals surface area (Å²) >= 11 is 0. The maximum atomic E-state index is 11.5. The Kier molecular flexibility index (Phi) is 5.90. The zero-order valence-corrected chi connectivity index (χ0v) is 19.6. The van der Waals surface area contributed by atoms with Crippen molar-refractivity contribution in [2.75, 3.05) is 25.9 Å². The number of likely N-dealkylation sites (tertiary alicyclic amines) is 1. The second-order valence-electron chi connectivity index (χ2n) is 10.6. The van der Waals surface area contributed by atoms with Gasteiger partial charge in [-0.1, -0.05) is 48.9 Å². The molecule has 2 aliphatic carbocycles. The largest absolute Gasteiger partial charge is 0.311 e. The SMILES string of the molecule is CC/C(=C\c1ccccc1)[C@@H]1C[C@H]1NC1CC2(C1)CN(CC(C)(C)NS(C)(=O)=O)C2. The van der Waals surface area contributed by atoms with Crippen LogP contribution >= 0.6 is 0 Å². The van der Waals surface area contributed by atoms with E-state index in [1.165, 1.54) is 31.1 Å². The van der Waals surface area contributed by atoms with Gasteiger partial charge in [0.1, 0.15) is 0 Å². The number of sulfonamides is 1. The summed E-state index contributed by atoms with van der Waals surface area (Å²) in [7, 11) is -3.17. The van der Waals surface area contributed by atoms with Crippen LogP contribution in [0.4, 0.5) is 0 Å². The molecular weight excluding hydrogens is 394 g/mol. The van der Waals surface area contributed by atoms with Gasteiger partial charge in [-0.3, -0.25) is 0 Å². The number of nitrogens with one attached hydrogen (secondary N) is 2. The van der Waals surface area contributed by atoms with E-state index in [1.807, 2.05) is 13.8 Å². The van der Waals surface area contributed by atoms with Crippen molar-refractivity contribution in [3.63, 3.8) is 0 Å². The van der Waals surface area contributed by atoms with Gasteiger partial charge in [-0.2, -0.15) is 0 Å². The van der Waals surface area contributed by atoms with Gasteiger partial charge in [0.2, 0.25) is 10.0 Å². The summed E-state index contributed by atoms with van der Waals surface area (Å²) in [5.41, 5.74) is 2.93. The molecule has 4 rings (SSSR count). The number of benzene rings is 1. The molecule has 0 radical (unpaired) electrons. The average Bonchev–Trinajstić information content (AvgIpc) is 3.33. The highest BCUT2D eigenvalue weighted by Gasteiger charge is 2.54. The van der Waals surface area contributed by atoms with Gasteiger partial charge in [0, 0.05) is 37.3 Å². The maximum Gasteiger partial charge on any atom is 0.209 e. The van der Waals surface area contributed by atoms with E-state index < -0.39 is 15.6 Å². The summed E-state index contributed by atoms with van der Waals surface area (Å²) in [5, 5.41) is 3.91. The standard InChI is InChI=1S/C24H37N3O2S/c1-5-19(11-18-9-7-6-8-10-18)21-12-22(21)25-20-13-24(14-20)16-27(17-24)15-23(2,3)26-30(4,28)29/h6-11,20-22,25-26H,5,12-17H2,1-4H3/b19-11+/t21-,22+/m0/s1. The molecule has 1 spiro atoms. The molecule has 3 aliphatic rings. The van der Waals surface area contributed by atoms with Gasteiger partial charge in [-0.25, -0.2) is 13.1 Å². The third-order valence-corrected chi connectivity index (χ3v) is 7.76. The molecule has 2 saturated carbocycles. The van der Waals surface area contributed by atoms with Crippen LogP contribution in [0.1, 0.15) is 52.0 Å². The van der Waals surface area contributed by atoms with Crippen molar-refractivity contribution in [1.29, 1.82) is 0 Å². The van der Waals surface area contributed by atoms with Crippen LogP contribution in [-0.2, 0) is 10.0 Å².